The second-order valence-corrected chi connectivity index (χ2v) is 5.47. The maximum absolute atomic E-state index is 11.8. The summed E-state index contributed by atoms with van der Waals surface area (Å²) in [5.74, 6) is 1.27. The van der Waals surface area contributed by atoms with Gasteiger partial charge in [0, 0.05) is 24.8 Å². The van der Waals surface area contributed by atoms with Crippen molar-refractivity contribution in [2.45, 2.75) is 12.8 Å². The van der Waals surface area contributed by atoms with Crippen LogP contribution in [0.2, 0.25) is 0 Å². The molecule has 1 saturated heterocycles. The molecule has 1 aromatic rings. The summed E-state index contributed by atoms with van der Waals surface area (Å²) < 4.78 is 5.00. The Morgan fingerprint density at radius 2 is 2.32 bits per heavy atom. The third-order valence-corrected chi connectivity index (χ3v) is 4.34. The number of halogens is 1. The molecule has 0 radical (unpaired) electrons. The van der Waals surface area contributed by atoms with Gasteiger partial charge in [-0.1, -0.05) is 22.0 Å². The number of aromatic hydroxyl groups is 1. The molecular weight excluding hydrogens is 310 g/mol. The quantitative estimate of drug-likeness (QED) is 0.843. The molecule has 0 spiro atoms. The molecule has 0 saturated carbocycles. The molecule has 1 amide bonds. The molecule has 1 fully saturated rings. The van der Waals surface area contributed by atoms with Gasteiger partial charge in [-0.2, -0.15) is 0 Å². The van der Waals surface area contributed by atoms with Crippen LogP contribution in [-0.4, -0.2) is 41.4 Å². The van der Waals surface area contributed by atoms with E-state index in [0.717, 1.165) is 23.9 Å². The summed E-state index contributed by atoms with van der Waals surface area (Å²) in [6, 6.07) is 5.36. The standard InChI is InChI=1S/C14H18BrNO3/c1-19-13-3-2-10(6-12(13)17)4-5-16-9-11(8-15)7-14(16)18/h2-3,6,11,17H,4-5,7-9H2,1H3. The van der Waals surface area contributed by atoms with E-state index in [0.29, 0.717) is 24.6 Å². The van der Waals surface area contributed by atoms with Gasteiger partial charge < -0.3 is 14.7 Å². The van der Waals surface area contributed by atoms with Gasteiger partial charge in [0.2, 0.25) is 5.91 Å². The lowest BCUT2D eigenvalue weighted by Gasteiger charge is -2.16. The van der Waals surface area contributed by atoms with E-state index in [2.05, 4.69) is 15.9 Å². The molecule has 1 aliphatic heterocycles. The average Bonchev–Trinajstić information content (AvgIpc) is 2.77. The Kier molecular flexibility index (Phi) is 4.69. The van der Waals surface area contributed by atoms with Gasteiger partial charge in [0.05, 0.1) is 7.11 Å². The van der Waals surface area contributed by atoms with Gasteiger partial charge in [-0.3, -0.25) is 4.79 Å². The van der Waals surface area contributed by atoms with Crippen LogP contribution in [0.15, 0.2) is 18.2 Å². The van der Waals surface area contributed by atoms with E-state index in [1.165, 1.54) is 7.11 Å². The van der Waals surface area contributed by atoms with Crippen molar-refractivity contribution in [1.29, 1.82) is 0 Å². The summed E-state index contributed by atoms with van der Waals surface area (Å²) >= 11 is 3.43. The zero-order valence-electron chi connectivity index (χ0n) is 10.9. The summed E-state index contributed by atoms with van der Waals surface area (Å²) in [7, 11) is 1.53. The van der Waals surface area contributed by atoms with Gasteiger partial charge in [0.1, 0.15) is 0 Å². The number of rotatable bonds is 5. The molecule has 19 heavy (non-hydrogen) atoms. The predicted octanol–water partition coefficient (Wildman–Crippen LogP) is 2.19. The number of carbonyl (C=O) groups excluding carboxylic acids is 1. The van der Waals surface area contributed by atoms with Crippen LogP contribution in [0, 0.1) is 5.92 Å². The Balaban J connectivity index is 1.92. The third-order valence-electron chi connectivity index (χ3n) is 3.43. The minimum atomic E-state index is 0.145. The molecule has 0 aliphatic carbocycles. The third kappa shape index (κ3) is 3.41. The van der Waals surface area contributed by atoms with Gasteiger partial charge in [-0.25, -0.2) is 0 Å². The highest BCUT2D eigenvalue weighted by molar-refractivity contribution is 9.09. The van der Waals surface area contributed by atoms with E-state index in [1.54, 1.807) is 12.1 Å². The summed E-state index contributed by atoms with van der Waals surface area (Å²) in [5.41, 5.74) is 1.01. The number of nitrogens with zero attached hydrogens (tertiary/aromatic N) is 1. The van der Waals surface area contributed by atoms with Crippen molar-refractivity contribution in [3.05, 3.63) is 23.8 Å². The number of hydrogen-bond acceptors (Lipinski definition) is 3. The second kappa shape index (κ2) is 6.28. The zero-order valence-corrected chi connectivity index (χ0v) is 12.5. The summed E-state index contributed by atoms with van der Waals surface area (Å²) in [4.78, 5) is 13.7. The Morgan fingerprint density at radius 1 is 1.53 bits per heavy atom. The summed E-state index contributed by atoms with van der Waals surface area (Å²) in [6.45, 7) is 1.53. The SMILES string of the molecule is COc1ccc(CCN2CC(CBr)CC2=O)cc1O. The zero-order chi connectivity index (χ0) is 13.8. The van der Waals surface area contributed by atoms with Crippen molar-refractivity contribution in [2.24, 2.45) is 5.92 Å². The molecule has 1 heterocycles. The predicted molar refractivity (Wildman–Crippen MR) is 76.8 cm³/mol. The van der Waals surface area contributed by atoms with Crippen molar-refractivity contribution in [1.82, 2.24) is 4.90 Å². The number of hydrogen-bond donors (Lipinski definition) is 1. The maximum atomic E-state index is 11.8. The lowest BCUT2D eigenvalue weighted by molar-refractivity contribution is -0.127. The number of alkyl halides is 1. The van der Waals surface area contributed by atoms with E-state index >= 15 is 0 Å². The van der Waals surface area contributed by atoms with Crippen LogP contribution in [0.1, 0.15) is 12.0 Å². The van der Waals surface area contributed by atoms with Crippen LogP contribution in [0.3, 0.4) is 0 Å². The summed E-state index contributed by atoms with van der Waals surface area (Å²) in [6.07, 6.45) is 1.39. The molecule has 1 aromatic carbocycles. The van der Waals surface area contributed by atoms with Crippen LogP contribution < -0.4 is 4.74 Å². The fourth-order valence-electron chi connectivity index (χ4n) is 2.33. The lowest BCUT2D eigenvalue weighted by atomic mass is 10.1. The Bertz CT molecular complexity index is 464. The van der Waals surface area contributed by atoms with Crippen LogP contribution >= 0.6 is 15.9 Å². The number of phenolic OH excluding ortho intramolecular Hbond substituents is 1. The van der Waals surface area contributed by atoms with Gasteiger partial charge in [0.15, 0.2) is 11.5 Å². The van der Waals surface area contributed by atoms with Crippen molar-refractivity contribution in [3.8, 4) is 11.5 Å². The first-order valence-corrected chi connectivity index (χ1v) is 7.45. The van der Waals surface area contributed by atoms with Crippen LogP contribution in [0.4, 0.5) is 0 Å². The Labute approximate surface area is 121 Å². The van der Waals surface area contributed by atoms with Crippen LogP contribution in [0.5, 0.6) is 11.5 Å². The fraction of sp³-hybridized carbons (Fsp3) is 0.500. The number of amides is 1. The molecule has 5 heteroatoms. The van der Waals surface area contributed by atoms with Crippen molar-refractivity contribution < 1.29 is 14.6 Å². The van der Waals surface area contributed by atoms with Crippen LogP contribution in [0.25, 0.3) is 0 Å². The molecule has 1 atom stereocenters. The van der Waals surface area contributed by atoms with E-state index in [1.807, 2.05) is 11.0 Å². The molecule has 1 aliphatic rings. The molecule has 1 unspecified atom stereocenters. The number of carbonyl (C=O) groups is 1. The molecule has 0 aromatic heterocycles. The first-order valence-electron chi connectivity index (χ1n) is 6.33. The number of likely N-dealkylation sites (tertiary alicyclic amines) is 1. The topological polar surface area (TPSA) is 49.8 Å². The molecule has 4 nitrogen and oxygen atoms in total. The number of phenols is 1. The highest BCUT2D eigenvalue weighted by Gasteiger charge is 2.28. The van der Waals surface area contributed by atoms with Crippen molar-refractivity contribution >= 4 is 21.8 Å². The highest BCUT2D eigenvalue weighted by atomic mass is 79.9. The maximum Gasteiger partial charge on any atom is 0.222 e. The van der Waals surface area contributed by atoms with E-state index in [4.69, 9.17) is 4.74 Å². The van der Waals surface area contributed by atoms with E-state index < -0.39 is 0 Å². The highest BCUT2D eigenvalue weighted by Crippen LogP contribution is 2.27. The molecule has 0 bridgehead atoms. The normalized spacial score (nSPS) is 18.9. The second-order valence-electron chi connectivity index (χ2n) is 4.82. The van der Waals surface area contributed by atoms with Gasteiger partial charge in [-0.05, 0) is 30.0 Å². The van der Waals surface area contributed by atoms with Crippen molar-refractivity contribution in [2.75, 3.05) is 25.5 Å². The van der Waals surface area contributed by atoms with Gasteiger partial charge >= 0.3 is 0 Å². The van der Waals surface area contributed by atoms with Gasteiger partial charge in [-0.15, -0.1) is 0 Å². The minimum absolute atomic E-state index is 0.145. The Hall–Kier alpha value is -1.23. The molecule has 2 rings (SSSR count). The van der Waals surface area contributed by atoms with E-state index in [9.17, 15) is 9.90 Å². The average molecular weight is 328 g/mol. The minimum Gasteiger partial charge on any atom is -0.504 e. The first kappa shape index (κ1) is 14.2. The number of benzene rings is 1. The number of ether oxygens (including phenoxy) is 1. The molecule has 1 N–H and O–H groups in total. The summed E-state index contributed by atoms with van der Waals surface area (Å²) in [5, 5.41) is 10.6. The van der Waals surface area contributed by atoms with E-state index in [-0.39, 0.29) is 11.7 Å². The molecule has 104 valence electrons. The van der Waals surface area contributed by atoms with Crippen molar-refractivity contribution in [3.63, 3.8) is 0 Å². The molecular formula is C14H18BrNO3. The smallest absolute Gasteiger partial charge is 0.222 e. The Morgan fingerprint density at radius 3 is 2.89 bits per heavy atom. The monoisotopic (exact) mass is 327 g/mol. The van der Waals surface area contributed by atoms with Crippen LogP contribution in [-0.2, 0) is 11.2 Å². The lowest BCUT2D eigenvalue weighted by Crippen LogP contribution is -2.27. The number of methoxy groups -OCH3 is 1. The first-order chi connectivity index (χ1) is 9.13. The largest absolute Gasteiger partial charge is 0.504 e. The van der Waals surface area contributed by atoms with Gasteiger partial charge in [0.25, 0.3) is 0 Å². The fourth-order valence-corrected chi connectivity index (χ4v) is 2.76.